The highest BCUT2D eigenvalue weighted by Gasteiger charge is 2.20. The monoisotopic (exact) mass is 242 g/mol. The Labute approximate surface area is 107 Å². The molecule has 1 fully saturated rings. The topological polar surface area (TPSA) is 42.7 Å². The third-order valence-electron chi connectivity index (χ3n) is 3.31. The Kier molecular flexibility index (Phi) is 3.00. The highest BCUT2D eigenvalue weighted by Crippen LogP contribution is 2.29. The highest BCUT2D eigenvalue weighted by molar-refractivity contribution is 5.44. The molecule has 4 heteroatoms. The van der Waals surface area contributed by atoms with E-state index in [2.05, 4.69) is 28.3 Å². The highest BCUT2D eigenvalue weighted by atomic mass is 15.0. The number of imidazole rings is 1. The van der Waals surface area contributed by atoms with Crippen molar-refractivity contribution in [3.8, 4) is 0 Å². The molecule has 3 rings (SSSR count). The average Bonchev–Trinajstić information content (AvgIpc) is 3.05. The lowest BCUT2D eigenvalue weighted by Gasteiger charge is -2.10. The average molecular weight is 242 g/mol. The van der Waals surface area contributed by atoms with Gasteiger partial charge in [-0.3, -0.25) is 0 Å². The molecule has 0 unspecified atom stereocenters. The Balaban J connectivity index is 1.67. The van der Waals surface area contributed by atoms with E-state index >= 15 is 0 Å². The molecule has 0 saturated heterocycles. The molecule has 1 saturated carbocycles. The van der Waals surface area contributed by atoms with E-state index in [0.29, 0.717) is 0 Å². The van der Waals surface area contributed by atoms with E-state index in [9.17, 15) is 0 Å². The number of nitrogens with one attached hydrogen (secondary N) is 1. The Morgan fingerprint density at radius 3 is 3.00 bits per heavy atom. The number of aryl methyl sites for hydroxylation is 1. The van der Waals surface area contributed by atoms with Crippen LogP contribution in [0.4, 0.5) is 5.82 Å². The van der Waals surface area contributed by atoms with Crippen molar-refractivity contribution in [3.63, 3.8) is 0 Å². The molecule has 4 nitrogen and oxygen atoms in total. The predicted octanol–water partition coefficient (Wildman–Crippen LogP) is 2.46. The summed E-state index contributed by atoms with van der Waals surface area (Å²) in [7, 11) is 0. The maximum Gasteiger partial charge on any atom is 0.128 e. The van der Waals surface area contributed by atoms with Crippen molar-refractivity contribution in [1.82, 2.24) is 14.5 Å². The number of anilines is 1. The fourth-order valence-corrected chi connectivity index (χ4v) is 2.06. The third-order valence-corrected chi connectivity index (χ3v) is 3.31. The first-order valence-electron chi connectivity index (χ1n) is 6.46. The Hall–Kier alpha value is -1.84. The molecular weight excluding hydrogens is 224 g/mol. The zero-order valence-electron chi connectivity index (χ0n) is 10.6. The van der Waals surface area contributed by atoms with E-state index in [1.165, 1.54) is 24.0 Å². The van der Waals surface area contributed by atoms with Gasteiger partial charge in [-0.2, -0.15) is 0 Å². The summed E-state index contributed by atoms with van der Waals surface area (Å²) in [5, 5.41) is 3.43. The van der Waals surface area contributed by atoms with Crippen LogP contribution in [0.1, 0.15) is 24.0 Å². The zero-order valence-corrected chi connectivity index (χ0v) is 10.6. The molecule has 18 heavy (non-hydrogen) atoms. The number of aromatic nitrogens is 3. The van der Waals surface area contributed by atoms with Gasteiger partial charge >= 0.3 is 0 Å². The summed E-state index contributed by atoms with van der Waals surface area (Å²) in [5.74, 6) is 1.90. The van der Waals surface area contributed by atoms with Gasteiger partial charge in [0.2, 0.25) is 0 Å². The van der Waals surface area contributed by atoms with Gasteiger partial charge in [0.25, 0.3) is 0 Å². The molecule has 0 atom stereocenters. The van der Waals surface area contributed by atoms with Crippen molar-refractivity contribution in [2.24, 2.45) is 5.92 Å². The molecule has 0 bridgehead atoms. The first-order valence-corrected chi connectivity index (χ1v) is 6.46. The van der Waals surface area contributed by atoms with Gasteiger partial charge in [-0.15, -0.1) is 0 Å². The van der Waals surface area contributed by atoms with Gasteiger partial charge in [0, 0.05) is 25.1 Å². The van der Waals surface area contributed by atoms with E-state index < -0.39 is 0 Å². The zero-order chi connectivity index (χ0) is 12.4. The van der Waals surface area contributed by atoms with Crippen molar-refractivity contribution in [2.75, 3.05) is 11.9 Å². The fraction of sp³-hybridized carbons (Fsp3) is 0.429. The first kappa shape index (κ1) is 11.3. The molecule has 1 N–H and O–H groups in total. The lowest BCUT2D eigenvalue weighted by molar-refractivity contribution is 0.791. The smallest absolute Gasteiger partial charge is 0.128 e. The van der Waals surface area contributed by atoms with Gasteiger partial charge in [-0.1, -0.05) is 0 Å². The van der Waals surface area contributed by atoms with Gasteiger partial charge in [-0.25, -0.2) is 9.97 Å². The van der Waals surface area contributed by atoms with Crippen LogP contribution in [0.2, 0.25) is 0 Å². The molecule has 2 aromatic heterocycles. The van der Waals surface area contributed by atoms with Crippen LogP contribution in [0, 0.1) is 12.8 Å². The van der Waals surface area contributed by atoms with Crippen LogP contribution in [0.5, 0.6) is 0 Å². The summed E-state index contributed by atoms with van der Waals surface area (Å²) < 4.78 is 2.05. The third kappa shape index (κ3) is 2.70. The standard InChI is InChI=1S/C14H18N4/c1-11-6-13(9-18-5-4-15-10-18)8-17-14(11)16-7-12-2-3-12/h4-6,8,10,12H,2-3,7,9H2,1H3,(H,16,17). The molecule has 1 aliphatic rings. The minimum Gasteiger partial charge on any atom is -0.370 e. The van der Waals surface area contributed by atoms with Crippen molar-refractivity contribution in [1.29, 1.82) is 0 Å². The van der Waals surface area contributed by atoms with Crippen LogP contribution in [-0.4, -0.2) is 21.1 Å². The second-order valence-electron chi connectivity index (χ2n) is 5.07. The fourth-order valence-electron chi connectivity index (χ4n) is 2.06. The maximum absolute atomic E-state index is 4.51. The van der Waals surface area contributed by atoms with Crippen molar-refractivity contribution >= 4 is 5.82 Å². The van der Waals surface area contributed by atoms with Crippen LogP contribution >= 0.6 is 0 Å². The minimum atomic E-state index is 0.830. The van der Waals surface area contributed by atoms with Crippen LogP contribution in [0.15, 0.2) is 31.0 Å². The van der Waals surface area contributed by atoms with Crippen LogP contribution < -0.4 is 5.32 Å². The summed E-state index contributed by atoms with van der Waals surface area (Å²) in [4.78, 5) is 8.56. The number of hydrogen-bond acceptors (Lipinski definition) is 3. The second-order valence-corrected chi connectivity index (χ2v) is 5.07. The van der Waals surface area contributed by atoms with Crippen LogP contribution in [0.3, 0.4) is 0 Å². The van der Waals surface area contributed by atoms with Crippen molar-refractivity contribution in [3.05, 3.63) is 42.1 Å². The summed E-state index contributed by atoms with van der Waals surface area (Å²) in [6.07, 6.45) is 10.3. The van der Waals surface area contributed by atoms with E-state index in [1.54, 1.807) is 6.20 Å². The summed E-state index contributed by atoms with van der Waals surface area (Å²) >= 11 is 0. The molecule has 0 aliphatic heterocycles. The molecular formula is C14H18N4. The van der Waals surface area contributed by atoms with Gasteiger partial charge in [0.1, 0.15) is 5.82 Å². The normalized spacial score (nSPS) is 14.7. The van der Waals surface area contributed by atoms with Crippen LogP contribution in [-0.2, 0) is 6.54 Å². The lowest BCUT2D eigenvalue weighted by Crippen LogP contribution is -2.07. The molecule has 0 aromatic carbocycles. The van der Waals surface area contributed by atoms with E-state index in [4.69, 9.17) is 0 Å². The van der Waals surface area contributed by atoms with E-state index in [1.807, 2.05) is 23.3 Å². The van der Waals surface area contributed by atoms with Crippen molar-refractivity contribution in [2.45, 2.75) is 26.3 Å². The molecule has 0 radical (unpaired) electrons. The predicted molar refractivity (Wildman–Crippen MR) is 71.5 cm³/mol. The number of rotatable bonds is 5. The number of pyridine rings is 1. The Bertz CT molecular complexity index is 515. The SMILES string of the molecule is Cc1cc(Cn2ccnc2)cnc1NCC1CC1. The summed E-state index contributed by atoms with van der Waals surface area (Å²) in [6.45, 7) is 4.01. The summed E-state index contributed by atoms with van der Waals surface area (Å²) in [6, 6.07) is 2.20. The quantitative estimate of drug-likeness (QED) is 0.875. The molecule has 0 amide bonds. The summed E-state index contributed by atoms with van der Waals surface area (Å²) in [5.41, 5.74) is 2.43. The van der Waals surface area contributed by atoms with E-state index in [0.717, 1.165) is 24.8 Å². The Morgan fingerprint density at radius 1 is 1.44 bits per heavy atom. The largest absolute Gasteiger partial charge is 0.370 e. The molecule has 1 aliphatic carbocycles. The van der Waals surface area contributed by atoms with Crippen molar-refractivity contribution < 1.29 is 0 Å². The van der Waals surface area contributed by atoms with Crippen LogP contribution in [0.25, 0.3) is 0 Å². The van der Waals surface area contributed by atoms with Gasteiger partial charge < -0.3 is 9.88 Å². The number of nitrogens with zero attached hydrogens (tertiary/aromatic N) is 3. The van der Waals surface area contributed by atoms with Gasteiger partial charge in [0.15, 0.2) is 0 Å². The molecule has 94 valence electrons. The minimum absolute atomic E-state index is 0.830. The molecule has 2 aromatic rings. The lowest BCUT2D eigenvalue weighted by atomic mass is 10.2. The second kappa shape index (κ2) is 4.80. The molecule has 0 spiro atoms. The Morgan fingerprint density at radius 2 is 2.33 bits per heavy atom. The van der Waals surface area contributed by atoms with Gasteiger partial charge in [0.05, 0.1) is 12.9 Å². The number of hydrogen-bond donors (Lipinski definition) is 1. The van der Waals surface area contributed by atoms with Gasteiger partial charge in [-0.05, 0) is 42.9 Å². The molecule has 2 heterocycles. The van der Waals surface area contributed by atoms with E-state index in [-0.39, 0.29) is 0 Å². The maximum atomic E-state index is 4.51. The first-order chi connectivity index (χ1) is 8.81.